The van der Waals surface area contributed by atoms with Crippen molar-refractivity contribution >= 4 is 24.8 Å². The number of rotatable bonds is 6. The van der Waals surface area contributed by atoms with E-state index in [2.05, 4.69) is 62.4 Å². The zero-order chi connectivity index (χ0) is 15.2. The zero-order valence-electron chi connectivity index (χ0n) is 13.8. The summed E-state index contributed by atoms with van der Waals surface area (Å²) in [7, 11) is 0. The second-order valence-corrected chi connectivity index (χ2v) is 6.11. The van der Waals surface area contributed by atoms with Crippen molar-refractivity contribution in [2.24, 2.45) is 11.5 Å². The van der Waals surface area contributed by atoms with Crippen LogP contribution < -0.4 is 11.5 Å². The van der Waals surface area contributed by atoms with E-state index >= 15 is 0 Å². The van der Waals surface area contributed by atoms with Crippen molar-refractivity contribution < 1.29 is 0 Å². The Hall–Kier alpha value is -1.06. The van der Waals surface area contributed by atoms with Gasteiger partial charge in [0, 0.05) is 12.1 Å². The summed E-state index contributed by atoms with van der Waals surface area (Å²) in [6.45, 7) is 4.12. The number of hydrogen-bond acceptors (Lipinski definition) is 2. The molecule has 0 aliphatic rings. The molecule has 2 atom stereocenters. The van der Waals surface area contributed by atoms with Gasteiger partial charge in [0.15, 0.2) is 0 Å². The number of halogens is 2. The molecule has 0 amide bonds. The Morgan fingerprint density at radius 2 is 1.13 bits per heavy atom. The summed E-state index contributed by atoms with van der Waals surface area (Å²) < 4.78 is 0. The van der Waals surface area contributed by atoms with Crippen molar-refractivity contribution in [1.82, 2.24) is 0 Å². The molecule has 0 bridgehead atoms. The average molecular weight is 355 g/mol. The molecule has 0 spiro atoms. The van der Waals surface area contributed by atoms with Crippen LogP contribution in [0.25, 0.3) is 11.1 Å². The molecule has 128 valence electrons. The van der Waals surface area contributed by atoms with Crippen LogP contribution in [0.3, 0.4) is 0 Å². The first-order chi connectivity index (χ1) is 10.1. The lowest BCUT2D eigenvalue weighted by Crippen LogP contribution is -2.24. The van der Waals surface area contributed by atoms with E-state index in [1.165, 1.54) is 16.7 Å². The van der Waals surface area contributed by atoms with Gasteiger partial charge in [-0.2, -0.15) is 0 Å². The highest BCUT2D eigenvalue weighted by atomic mass is 35.5. The molecule has 0 heterocycles. The minimum absolute atomic E-state index is 0. The van der Waals surface area contributed by atoms with Crippen molar-refractivity contribution in [2.75, 3.05) is 0 Å². The largest absolute Gasteiger partial charge is 0.328 e. The normalized spacial score (nSPS) is 14.1. The van der Waals surface area contributed by atoms with E-state index < -0.39 is 0 Å². The van der Waals surface area contributed by atoms with Gasteiger partial charge >= 0.3 is 0 Å². The Morgan fingerprint density at radius 3 is 1.57 bits per heavy atom. The fraction of sp³-hybridized carbons (Fsp3) is 0.368. The maximum Gasteiger partial charge on any atom is 0.00163 e. The van der Waals surface area contributed by atoms with Gasteiger partial charge in [0.25, 0.3) is 0 Å². The quantitative estimate of drug-likeness (QED) is 0.785. The molecular weight excluding hydrogens is 327 g/mol. The molecule has 4 heteroatoms. The number of hydrogen-bond donors (Lipinski definition) is 2. The maximum atomic E-state index is 5.99. The highest BCUT2D eigenvalue weighted by molar-refractivity contribution is 5.85. The van der Waals surface area contributed by atoms with Gasteiger partial charge in [0.05, 0.1) is 0 Å². The minimum Gasteiger partial charge on any atom is -0.328 e. The van der Waals surface area contributed by atoms with Gasteiger partial charge in [0.2, 0.25) is 0 Å². The molecule has 0 aliphatic carbocycles. The molecule has 0 saturated heterocycles. The highest BCUT2D eigenvalue weighted by Gasteiger charge is 2.15. The van der Waals surface area contributed by atoms with Crippen molar-refractivity contribution in [3.05, 3.63) is 60.2 Å². The number of nitrogens with two attached hydrogens (primary N) is 2. The Bertz CT molecular complexity index is 529. The van der Waals surface area contributed by atoms with E-state index in [0.717, 1.165) is 12.8 Å². The van der Waals surface area contributed by atoms with Crippen LogP contribution in [0, 0.1) is 0 Å². The first-order valence-corrected chi connectivity index (χ1v) is 7.73. The summed E-state index contributed by atoms with van der Waals surface area (Å²) in [6, 6.07) is 19.7. The summed E-state index contributed by atoms with van der Waals surface area (Å²) >= 11 is 0. The molecule has 0 saturated carbocycles. The lowest BCUT2D eigenvalue weighted by Gasteiger charge is -2.21. The molecule has 23 heavy (non-hydrogen) atoms. The van der Waals surface area contributed by atoms with Gasteiger partial charge in [0.1, 0.15) is 0 Å². The fourth-order valence-electron chi connectivity index (χ4n) is 2.84. The molecule has 2 unspecified atom stereocenters. The smallest absolute Gasteiger partial charge is 0.00163 e. The van der Waals surface area contributed by atoms with E-state index in [0.29, 0.717) is 5.92 Å². The fourth-order valence-corrected chi connectivity index (χ4v) is 2.84. The highest BCUT2D eigenvalue weighted by Crippen LogP contribution is 2.28. The van der Waals surface area contributed by atoms with Crippen LogP contribution >= 0.6 is 24.8 Å². The minimum atomic E-state index is 0. The maximum absolute atomic E-state index is 5.99. The third kappa shape index (κ3) is 6.92. The van der Waals surface area contributed by atoms with Gasteiger partial charge in [-0.3, -0.25) is 0 Å². The molecule has 2 nitrogen and oxygen atoms in total. The molecule has 0 aromatic heterocycles. The third-order valence-corrected chi connectivity index (χ3v) is 3.80. The first-order valence-electron chi connectivity index (χ1n) is 7.73. The standard InChI is InChI=1S/C19H26N2.2ClH/c1-14(20)12-19(13-15(2)21)18-10-8-17(9-11-18)16-6-4-3-5-7-16;;/h3-11,14-15,19H,12-13,20-21H2,1-2H3;2*1H. The van der Waals surface area contributed by atoms with E-state index in [1.807, 2.05) is 6.07 Å². The van der Waals surface area contributed by atoms with Crippen molar-refractivity contribution in [3.63, 3.8) is 0 Å². The molecular formula is C19H28Cl2N2. The molecule has 0 aliphatic heterocycles. The van der Waals surface area contributed by atoms with Crippen molar-refractivity contribution in [1.29, 1.82) is 0 Å². The summed E-state index contributed by atoms with van der Waals surface area (Å²) in [4.78, 5) is 0. The molecule has 2 rings (SSSR count). The number of benzene rings is 2. The molecule has 2 aromatic rings. The summed E-state index contributed by atoms with van der Waals surface area (Å²) in [6.07, 6.45) is 1.96. The van der Waals surface area contributed by atoms with Crippen LogP contribution in [0.4, 0.5) is 0 Å². The lowest BCUT2D eigenvalue weighted by molar-refractivity contribution is 0.486. The van der Waals surface area contributed by atoms with Crippen LogP contribution in [0.2, 0.25) is 0 Å². The van der Waals surface area contributed by atoms with Crippen molar-refractivity contribution in [2.45, 2.75) is 44.7 Å². The van der Waals surface area contributed by atoms with Crippen LogP contribution in [-0.4, -0.2) is 12.1 Å². The predicted molar refractivity (Wildman–Crippen MR) is 106 cm³/mol. The predicted octanol–water partition coefficient (Wildman–Crippen LogP) is 4.76. The molecule has 2 aromatic carbocycles. The van der Waals surface area contributed by atoms with E-state index in [1.54, 1.807) is 0 Å². The van der Waals surface area contributed by atoms with Crippen LogP contribution in [0.15, 0.2) is 54.6 Å². The monoisotopic (exact) mass is 354 g/mol. The second kappa shape index (κ2) is 10.7. The first kappa shape index (κ1) is 21.9. The SMILES string of the molecule is CC(N)CC(CC(C)N)c1ccc(-c2ccccc2)cc1.Cl.Cl. The van der Waals surface area contributed by atoms with Gasteiger partial charge in [-0.15, -0.1) is 24.8 Å². The van der Waals surface area contributed by atoms with Crippen molar-refractivity contribution in [3.8, 4) is 11.1 Å². The summed E-state index contributed by atoms with van der Waals surface area (Å²) in [5, 5.41) is 0. The Kier molecular flexibility index (Phi) is 10.2. The summed E-state index contributed by atoms with van der Waals surface area (Å²) in [5.41, 5.74) is 15.8. The topological polar surface area (TPSA) is 52.0 Å². The van der Waals surface area contributed by atoms with Crippen LogP contribution in [0.1, 0.15) is 38.2 Å². The molecule has 0 fully saturated rings. The second-order valence-electron chi connectivity index (χ2n) is 6.11. The van der Waals surface area contributed by atoms with Gasteiger partial charge in [-0.05, 0) is 49.3 Å². The average Bonchev–Trinajstić information content (AvgIpc) is 2.47. The Morgan fingerprint density at radius 1 is 0.696 bits per heavy atom. The Balaban J connectivity index is 0.00000242. The van der Waals surface area contributed by atoms with Gasteiger partial charge in [-0.25, -0.2) is 0 Å². The summed E-state index contributed by atoms with van der Waals surface area (Å²) in [5.74, 6) is 0.440. The van der Waals surface area contributed by atoms with E-state index in [9.17, 15) is 0 Å². The third-order valence-electron chi connectivity index (χ3n) is 3.80. The lowest BCUT2D eigenvalue weighted by atomic mass is 9.87. The molecule has 4 N–H and O–H groups in total. The van der Waals surface area contributed by atoms with Crippen LogP contribution in [0.5, 0.6) is 0 Å². The zero-order valence-corrected chi connectivity index (χ0v) is 15.4. The van der Waals surface area contributed by atoms with E-state index in [4.69, 9.17) is 11.5 Å². The van der Waals surface area contributed by atoms with Crippen LogP contribution in [-0.2, 0) is 0 Å². The van der Waals surface area contributed by atoms with E-state index in [-0.39, 0.29) is 36.9 Å². The Labute approximate surface area is 152 Å². The molecule has 0 radical (unpaired) electrons. The van der Waals surface area contributed by atoms with Gasteiger partial charge < -0.3 is 11.5 Å². The van der Waals surface area contributed by atoms with Gasteiger partial charge in [-0.1, -0.05) is 54.6 Å².